The lowest BCUT2D eigenvalue weighted by atomic mass is 10.4. The maximum Gasteiger partial charge on any atom is 0.217 e. The summed E-state index contributed by atoms with van der Waals surface area (Å²) in [5.74, 6) is 0.707. The van der Waals surface area contributed by atoms with E-state index in [1.54, 1.807) is 13.4 Å². The topological polar surface area (TPSA) is 40.8 Å². The van der Waals surface area contributed by atoms with E-state index < -0.39 is 0 Å². The van der Waals surface area contributed by atoms with Crippen LogP contribution in [0.15, 0.2) is 22.8 Å². The minimum Gasteiger partial charge on any atom is -0.464 e. The first-order valence-corrected chi connectivity index (χ1v) is 4.19. The van der Waals surface area contributed by atoms with Crippen molar-refractivity contribution in [2.45, 2.75) is 12.4 Å². The lowest BCUT2D eigenvalue weighted by molar-refractivity contribution is -0.0827. The van der Waals surface area contributed by atoms with Crippen LogP contribution in [0.25, 0.3) is 0 Å². The maximum absolute atomic E-state index is 5.51. The largest absolute Gasteiger partial charge is 0.464 e. The predicted octanol–water partition coefficient (Wildman–Crippen LogP) is 1.34. The van der Waals surface area contributed by atoms with E-state index in [1.807, 2.05) is 12.1 Å². The molecule has 0 aromatic carbocycles. The van der Waals surface area contributed by atoms with Crippen LogP contribution in [-0.4, -0.2) is 26.4 Å². The summed E-state index contributed by atoms with van der Waals surface area (Å²) < 4.78 is 21.0. The zero-order valence-corrected chi connectivity index (χ0v) is 7.43. The molecule has 0 N–H and O–H groups in total. The molecule has 2 rings (SSSR count). The van der Waals surface area contributed by atoms with Crippen molar-refractivity contribution in [2.75, 3.05) is 20.3 Å². The molecule has 0 spiro atoms. The van der Waals surface area contributed by atoms with Gasteiger partial charge in [0.2, 0.25) is 6.29 Å². The standard InChI is InChI=1S/C9H12O4/c1-10-5-7-6-12-9(13-7)8-3-2-4-11-8/h2-4,7,9H,5-6H2,1H3. The third-order valence-corrected chi connectivity index (χ3v) is 1.88. The van der Waals surface area contributed by atoms with Gasteiger partial charge >= 0.3 is 0 Å². The number of methoxy groups -OCH3 is 1. The second-order valence-corrected chi connectivity index (χ2v) is 2.89. The zero-order chi connectivity index (χ0) is 9.10. The number of furan rings is 1. The van der Waals surface area contributed by atoms with E-state index in [2.05, 4.69) is 0 Å². The van der Waals surface area contributed by atoms with E-state index in [0.717, 1.165) is 0 Å². The molecule has 1 saturated heterocycles. The van der Waals surface area contributed by atoms with Gasteiger partial charge in [-0.15, -0.1) is 0 Å². The minimum atomic E-state index is -0.366. The van der Waals surface area contributed by atoms with Gasteiger partial charge in [-0.05, 0) is 12.1 Å². The highest BCUT2D eigenvalue weighted by molar-refractivity contribution is 5.00. The van der Waals surface area contributed by atoms with Gasteiger partial charge in [0.25, 0.3) is 0 Å². The van der Waals surface area contributed by atoms with Crippen LogP contribution in [0.1, 0.15) is 12.1 Å². The van der Waals surface area contributed by atoms with Crippen LogP contribution in [-0.2, 0) is 14.2 Å². The molecule has 72 valence electrons. The Labute approximate surface area is 76.4 Å². The molecule has 4 heteroatoms. The summed E-state index contributed by atoms with van der Waals surface area (Å²) in [4.78, 5) is 0. The van der Waals surface area contributed by atoms with Gasteiger partial charge in [-0.3, -0.25) is 0 Å². The third-order valence-electron chi connectivity index (χ3n) is 1.88. The van der Waals surface area contributed by atoms with Crippen molar-refractivity contribution in [3.63, 3.8) is 0 Å². The summed E-state index contributed by atoms with van der Waals surface area (Å²) >= 11 is 0. The van der Waals surface area contributed by atoms with Gasteiger partial charge in [0.05, 0.1) is 19.5 Å². The monoisotopic (exact) mass is 184 g/mol. The predicted molar refractivity (Wildman–Crippen MR) is 44.2 cm³/mol. The zero-order valence-electron chi connectivity index (χ0n) is 7.43. The van der Waals surface area contributed by atoms with Gasteiger partial charge in [0.15, 0.2) is 5.76 Å². The van der Waals surface area contributed by atoms with E-state index in [1.165, 1.54) is 0 Å². The van der Waals surface area contributed by atoms with Crippen LogP contribution >= 0.6 is 0 Å². The summed E-state index contributed by atoms with van der Waals surface area (Å²) in [5.41, 5.74) is 0. The lowest BCUT2D eigenvalue weighted by Gasteiger charge is -2.07. The van der Waals surface area contributed by atoms with E-state index >= 15 is 0 Å². The normalized spacial score (nSPS) is 28.1. The van der Waals surface area contributed by atoms with Crippen LogP contribution in [0.5, 0.6) is 0 Å². The first-order valence-electron chi connectivity index (χ1n) is 4.19. The van der Waals surface area contributed by atoms with Gasteiger partial charge < -0.3 is 18.6 Å². The second kappa shape index (κ2) is 3.91. The van der Waals surface area contributed by atoms with Crippen molar-refractivity contribution in [3.05, 3.63) is 24.2 Å². The van der Waals surface area contributed by atoms with Gasteiger partial charge in [-0.1, -0.05) is 0 Å². The Morgan fingerprint density at radius 1 is 1.62 bits per heavy atom. The summed E-state index contributed by atoms with van der Waals surface area (Å²) in [6, 6.07) is 3.64. The maximum atomic E-state index is 5.51. The summed E-state index contributed by atoms with van der Waals surface area (Å²) in [6.07, 6.45) is 1.25. The summed E-state index contributed by atoms with van der Waals surface area (Å²) in [7, 11) is 1.64. The SMILES string of the molecule is COCC1COC(c2ccco2)O1. The summed E-state index contributed by atoms with van der Waals surface area (Å²) in [6.45, 7) is 1.11. The molecule has 2 atom stereocenters. The van der Waals surface area contributed by atoms with Gasteiger partial charge in [0.1, 0.15) is 6.10 Å². The Bertz CT molecular complexity index is 244. The number of ether oxygens (including phenoxy) is 3. The molecule has 13 heavy (non-hydrogen) atoms. The first kappa shape index (κ1) is 8.74. The average molecular weight is 184 g/mol. The molecule has 0 saturated carbocycles. The van der Waals surface area contributed by atoms with Gasteiger partial charge in [-0.2, -0.15) is 0 Å². The first-order chi connectivity index (χ1) is 6.40. The fourth-order valence-corrected chi connectivity index (χ4v) is 1.30. The minimum absolute atomic E-state index is 0.0140. The van der Waals surface area contributed by atoms with E-state index in [0.29, 0.717) is 19.0 Å². The Hall–Kier alpha value is -0.840. The fourth-order valence-electron chi connectivity index (χ4n) is 1.30. The van der Waals surface area contributed by atoms with Crippen LogP contribution in [0, 0.1) is 0 Å². The molecule has 1 aliphatic rings. The molecule has 0 radical (unpaired) electrons. The van der Waals surface area contributed by atoms with Gasteiger partial charge in [-0.25, -0.2) is 0 Å². The Morgan fingerprint density at radius 3 is 3.23 bits per heavy atom. The molecule has 0 bridgehead atoms. The van der Waals surface area contributed by atoms with Crippen molar-refractivity contribution in [1.29, 1.82) is 0 Å². The molecular weight excluding hydrogens is 172 g/mol. The molecule has 1 aliphatic heterocycles. The average Bonchev–Trinajstić information content (AvgIpc) is 2.70. The third kappa shape index (κ3) is 1.91. The summed E-state index contributed by atoms with van der Waals surface area (Å²) in [5, 5.41) is 0. The molecule has 0 aliphatic carbocycles. The highest BCUT2D eigenvalue weighted by Crippen LogP contribution is 2.26. The molecule has 4 nitrogen and oxygen atoms in total. The van der Waals surface area contributed by atoms with E-state index in [9.17, 15) is 0 Å². The molecule has 2 heterocycles. The van der Waals surface area contributed by atoms with Crippen LogP contribution < -0.4 is 0 Å². The lowest BCUT2D eigenvalue weighted by Crippen LogP contribution is -2.16. The number of rotatable bonds is 3. The highest BCUT2D eigenvalue weighted by atomic mass is 16.7. The fraction of sp³-hybridized carbons (Fsp3) is 0.556. The molecule has 1 aromatic heterocycles. The second-order valence-electron chi connectivity index (χ2n) is 2.89. The molecular formula is C9H12O4. The molecule has 1 aromatic rings. The van der Waals surface area contributed by atoms with E-state index in [-0.39, 0.29) is 12.4 Å². The van der Waals surface area contributed by atoms with Crippen molar-refractivity contribution in [3.8, 4) is 0 Å². The van der Waals surface area contributed by atoms with Gasteiger partial charge in [0, 0.05) is 7.11 Å². The van der Waals surface area contributed by atoms with Crippen LogP contribution in [0.3, 0.4) is 0 Å². The van der Waals surface area contributed by atoms with Crippen molar-refractivity contribution in [1.82, 2.24) is 0 Å². The van der Waals surface area contributed by atoms with Crippen molar-refractivity contribution < 1.29 is 18.6 Å². The Kier molecular flexibility index (Phi) is 2.63. The van der Waals surface area contributed by atoms with Crippen LogP contribution in [0.4, 0.5) is 0 Å². The molecule has 0 amide bonds. The Morgan fingerprint density at radius 2 is 2.54 bits per heavy atom. The highest BCUT2D eigenvalue weighted by Gasteiger charge is 2.28. The van der Waals surface area contributed by atoms with Crippen molar-refractivity contribution >= 4 is 0 Å². The number of hydrogen-bond acceptors (Lipinski definition) is 4. The Balaban J connectivity index is 1.91. The van der Waals surface area contributed by atoms with Crippen LogP contribution in [0.2, 0.25) is 0 Å². The number of hydrogen-bond donors (Lipinski definition) is 0. The molecule has 1 fully saturated rings. The van der Waals surface area contributed by atoms with E-state index in [4.69, 9.17) is 18.6 Å². The van der Waals surface area contributed by atoms with Crippen molar-refractivity contribution in [2.24, 2.45) is 0 Å². The smallest absolute Gasteiger partial charge is 0.217 e. The quantitative estimate of drug-likeness (QED) is 0.710. The molecule has 2 unspecified atom stereocenters.